The summed E-state index contributed by atoms with van der Waals surface area (Å²) < 4.78 is 0. The highest BCUT2D eigenvalue weighted by Gasteiger charge is 2.44. The van der Waals surface area contributed by atoms with Gasteiger partial charge in [0.25, 0.3) is 0 Å². The van der Waals surface area contributed by atoms with Crippen molar-refractivity contribution >= 4 is 0 Å². The minimum absolute atomic E-state index is 0.583. The van der Waals surface area contributed by atoms with Crippen LogP contribution in [0.25, 0.3) is 0 Å². The topological polar surface area (TPSA) is 12.0 Å². The summed E-state index contributed by atoms with van der Waals surface area (Å²) in [6.45, 7) is 6.97. The molecule has 1 saturated heterocycles. The van der Waals surface area contributed by atoms with Gasteiger partial charge in [0.1, 0.15) is 0 Å². The van der Waals surface area contributed by atoms with Crippen LogP contribution in [0, 0.1) is 18.3 Å². The lowest BCUT2D eigenvalue weighted by atomic mass is 9.58. The lowest BCUT2D eigenvalue weighted by molar-refractivity contribution is 0.0689. The third-order valence-electron chi connectivity index (χ3n) is 5.93. The van der Waals surface area contributed by atoms with Gasteiger partial charge >= 0.3 is 0 Å². The molecule has 3 atom stereocenters. The second-order valence-electron chi connectivity index (χ2n) is 7.15. The van der Waals surface area contributed by atoms with Crippen molar-refractivity contribution in [2.24, 2.45) is 11.3 Å². The minimum Gasteiger partial charge on any atom is -0.316 e. The lowest BCUT2D eigenvalue weighted by Gasteiger charge is -2.49. The summed E-state index contributed by atoms with van der Waals surface area (Å²) >= 11 is 0. The molecule has 0 amide bonds. The van der Waals surface area contributed by atoms with E-state index in [4.69, 9.17) is 0 Å². The fourth-order valence-electron chi connectivity index (χ4n) is 4.66. The molecule has 1 heterocycles. The van der Waals surface area contributed by atoms with E-state index in [-0.39, 0.29) is 0 Å². The van der Waals surface area contributed by atoms with Gasteiger partial charge < -0.3 is 5.32 Å². The number of benzene rings is 1. The van der Waals surface area contributed by atoms with Crippen LogP contribution in [-0.2, 0) is 0 Å². The Morgan fingerprint density at radius 1 is 1.20 bits per heavy atom. The van der Waals surface area contributed by atoms with Gasteiger partial charge in [-0.1, -0.05) is 56.0 Å². The van der Waals surface area contributed by atoms with Gasteiger partial charge in [0.05, 0.1) is 0 Å². The molecule has 1 aliphatic heterocycles. The standard InChI is InChI=1S/C19H29N/c1-3-16-5-4-10-19(13-16)11-12-20-14-18(19)17-8-6-15(2)7-9-17/h6-9,16,18,20H,3-5,10-14H2,1-2H3. The fourth-order valence-corrected chi connectivity index (χ4v) is 4.66. The number of hydrogen-bond acceptors (Lipinski definition) is 1. The number of hydrogen-bond donors (Lipinski definition) is 1. The summed E-state index contributed by atoms with van der Waals surface area (Å²) in [7, 11) is 0. The Bertz CT molecular complexity index is 432. The Hall–Kier alpha value is -0.820. The molecule has 1 heteroatoms. The predicted molar refractivity (Wildman–Crippen MR) is 86.1 cm³/mol. The van der Waals surface area contributed by atoms with Crippen molar-refractivity contribution < 1.29 is 0 Å². The van der Waals surface area contributed by atoms with Crippen LogP contribution < -0.4 is 5.32 Å². The van der Waals surface area contributed by atoms with Gasteiger partial charge in [0, 0.05) is 12.5 Å². The summed E-state index contributed by atoms with van der Waals surface area (Å²) in [6.07, 6.45) is 8.57. The zero-order chi connectivity index (χ0) is 14.0. The first-order valence-corrected chi connectivity index (χ1v) is 8.51. The van der Waals surface area contributed by atoms with E-state index in [1.54, 1.807) is 5.56 Å². The van der Waals surface area contributed by atoms with E-state index >= 15 is 0 Å². The minimum atomic E-state index is 0.583. The highest BCUT2D eigenvalue weighted by molar-refractivity contribution is 5.27. The SMILES string of the molecule is CCC1CCCC2(CCNCC2c2ccc(C)cc2)C1. The van der Waals surface area contributed by atoms with Crippen molar-refractivity contribution in [3.63, 3.8) is 0 Å². The maximum Gasteiger partial charge on any atom is 0.00255 e. The molecule has 1 aromatic rings. The van der Waals surface area contributed by atoms with E-state index in [2.05, 4.69) is 43.4 Å². The van der Waals surface area contributed by atoms with Gasteiger partial charge in [-0.2, -0.15) is 0 Å². The average molecular weight is 271 g/mol. The van der Waals surface area contributed by atoms with Crippen molar-refractivity contribution in [2.45, 2.75) is 58.3 Å². The molecule has 2 fully saturated rings. The Morgan fingerprint density at radius 2 is 2.00 bits per heavy atom. The molecule has 110 valence electrons. The van der Waals surface area contributed by atoms with Crippen molar-refractivity contribution in [2.75, 3.05) is 13.1 Å². The van der Waals surface area contributed by atoms with Crippen LogP contribution >= 0.6 is 0 Å². The van der Waals surface area contributed by atoms with Crippen LogP contribution in [0.15, 0.2) is 24.3 Å². The molecule has 3 rings (SSSR count). The van der Waals surface area contributed by atoms with Crippen LogP contribution in [0.4, 0.5) is 0 Å². The molecule has 1 aliphatic carbocycles. The molecular weight excluding hydrogens is 242 g/mol. The van der Waals surface area contributed by atoms with Crippen molar-refractivity contribution in [1.29, 1.82) is 0 Å². The molecule has 3 unspecified atom stereocenters. The Labute approximate surface area is 124 Å². The van der Waals surface area contributed by atoms with Gasteiger partial charge in [-0.15, -0.1) is 0 Å². The summed E-state index contributed by atoms with van der Waals surface area (Å²) in [6, 6.07) is 9.34. The van der Waals surface area contributed by atoms with Crippen LogP contribution in [0.3, 0.4) is 0 Å². The van der Waals surface area contributed by atoms with E-state index in [1.807, 2.05) is 0 Å². The molecule has 1 N–H and O–H groups in total. The molecule has 1 aromatic carbocycles. The third kappa shape index (κ3) is 2.65. The Morgan fingerprint density at radius 3 is 2.75 bits per heavy atom. The summed E-state index contributed by atoms with van der Waals surface area (Å²) in [5.41, 5.74) is 3.53. The maximum atomic E-state index is 3.65. The lowest BCUT2D eigenvalue weighted by Crippen LogP contribution is -2.46. The van der Waals surface area contributed by atoms with Gasteiger partial charge in [-0.05, 0) is 49.6 Å². The van der Waals surface area contributed by atoms with Crippen LogP contribution in [0.1, 0.15) is 62.5 Å². The Kier molecular flexibility index (Phi) is 4.16. The molecule has 1 spiro atoms. The first kappa shape index (κ1) is 14.1. The molecule has 0 radical (unpaired) electrons. The van der Waals surface area contributed by atoms with Crippen LogP contribution in [0.2, 0.25) is 0 Å². The quantitative estimate of drug-likeness (QED) is 0.825. The van der Waals surface area contributed by atoms with Gasteiger partial charge in [0.15, 0.2) is 0 Å². The van der Waals surface area contributed by atoms with Gasteiger partial charge in [-0.3, -0.25) is 0 Å². The smallest absolute Gasteiger partial charge is 0.00255 e. The fraction of sp³-hybridized carbons (Fsp3) is 0.684. The zero-order valence-corrected chi connectivity index (χ0v) is 13.1. The van der Waals surface area contributed by atoms with Gasteiger partial charge in [-0.25, -0.2) is 0 Å². The van der Waals surface area contributed by atoms with E-state index in [0.717, 1.165) is 11.8 Å². The van der Waals surface area contributed by atoms with Crippen molar-refractivity contribution in [1.82, 2.24) is 5.32 Å². The normalized spacial score (nSPS) is 34.3. The second kappa shape index (κ2) is 5.89. The summed E-state index contributed by atoms with van der Waals surface area (Å²) in [4.78, 5) is 0. The largest absolute Gasteiger partial charge is 0.316 e. The van der Waals surface area contributed by atoms with E-state index in [0.29, 0.717) is 5.41 Å². The van der Waals surface area contributed by atoms with E-state index < -0.39 is 0 Å². The molecule has 0 bridgehead atoms. The summed E-state index contributed by atoms with van der Waals surface area (Å²) in [5.74, 6) is 1.70. The van der Waals surface area contributed by atoms with Crippen molar-refractivity contribution in [3.05, 3.63) is 35.4 Å². The highest BCUT2D eigenvalue weighted by Crippen LogP contribution is 2.52. The van der Waals surface area contributed by atoms with Crippen molar-refractivity contribution in [3.8, 4) is 0 Å². The predicted octanol–water partition coefficient (Wildman–Crippen LogP) is 4.66. The zero-order valence-electron chi connectivity index (χ0n) is 13.1. The molecule has 1 saturated carbocycles. The van der Waals surface area contributed by atoms with Crippen LogP contribution in [0.5, 0.6) is 0 Å². The van der Waals surface area contributed by atoms with E-state index in [1.165, 1.54) is 57.2 Å². The second-order valence-corrected chi connectivity index (χ2v) is 7.15. The van der Waals surface area contributed by atoms with Gasteiger partial charge in [0.2, 0.25) is 0 Å². The highest BCUT2D eigenvalue weighted by atomic mass is 14.9. The number of rotatable bonds is 2. The molecule has 20 heavy (non-hydrogen) atoms. The first-order valence-electron chi connectivity index (χ1n) is 8.51. The number of aryl methyl sites for hydroxylation is 1. The Balaban J connectivity index is 1.88. The molecule has 0 aromatic heterocycles. The van der Waals surface area contributed by atoms with Crippen LogP contribution in [-0.4, -0.2) is 13.1 Å². The first-order chi connectivity index (χ1) is 9.73. The molecule has 1 nitrogen and oxygen atoms in total. The van der Waals surface area contributed by atoms with E-state index in [9.17, 15) is 0 Å². The third-order valence-corrected chi connectivity index (χ3v) is 5.93. The molecular formula is C19H29N. The average Bonchev–Trinajstić information content (AvgIpc) is 2.49. The number of piperidine rings is 1. The molecule has 2 aliphatic rings. The summed E-state index contributed by atoms with van der Waals surface area (Å²) in [5, 5.41) is 3.65. The monoisotopic (exact) mass is 271 g/mol. The number of nitrogens with one attached hydrogen (secondary N) is 1. The maximum absolute atomic E-state index is 3.65.